The van der Waals surface area contributed by atoms with Crippen molar-refractivity contribution in [2.24, 2.45) is 0 Å². The number of nitriles is 1. The first-order chi connectivity index (χ1) is 6.79. The number of thiocyanates is 1. The van der Waals surface area contributed by atoms with E-state index in [0.717, 1.165) is 30.2 Å². The number of thiocarbonyl (C=S) groups is 1. The van der Waals surface area contributed by atoms with Crippen LogP contribution in [0, 0.1) is 10.7 Å². The van der Waals surface area contributed by atoms with Crippen LogP contribution < -0.4 is 0 Å². The third kappa shape index (κ3) is 2.83. The molecule has 72 valence electrons. The Morgan fingerprint density at radius 2 is 2.21 bits per heavy atom. The van der Waals surface area contributed by atoms with Crippen LogP contribution in [-0.2, 0) is 6.42 Å². The highest BCUT2D eigenvalue weighted by atomic mass is 32.2. The lowest BCUT2D eigenvalue weighted by Crippen LogP contribution is -1.97. The van der Waals surface area contributed by atoms with Crippen molar-refractivity contribution in [3.05, 3.63) is 35.4 Å². The maximum Gasteiger partial charge on any atom is 0.139 e. The van der Waals surface area contributed by atoms with Crippen molar-refractivity contribution in [3.8, 4) is 5.40 Å². The molecule has 0 spiro atoms. The lowest BCUT2D eigenvalue weighted by Gasteiger charge is -2.06. The van der Waals surface area contributed by atoms with E-state index in [1.54, 1.807) is 0 Å². The molecule has 0 aliphatic carbocycles. The molecule has 0 heterocycles. The predicted octanol–water partition coefficient (Wildman–Crippen LogP) is 3.53. The predicted molar refractivity (Wildman–Crippen MR) is 65.3 cm³/mol. The van der Waals surface area contributed by atoms with Crippen LogP contribution in [0.2, 0.25) is 0 Å². The van der Waals surface area contributed by atoms with Crippen LogP contribution in [0.5, 0.6) is 0 Å². The van der Waals surface area contributed by atoms with Crippen LogP contribution in [0.15, 0.2) is 24.3 Å². The molecule has 1 rings (SSSR count). The Morgan fingerprint density at radius 3 is 2.86 bits per heavy atom. The summed E-state index contributed by atoms with van der Waals surface area (Å²) in [4.78, 5) is 0. The summed E-state index contributed by atoms with van der Waals surface area (Å²) in [6, 6.07) is 8.02. The zero-order valence-corrected chi connectivity index (χ0v) is 9.62. The lowest BCUT2D eigenvalue weighted by molar-refractivity contribution is 0.920. The molecule has 1 aromatic carbocycles. The number of benzene rings is 1. The molecule has 0 amide bonds. The molecule has 0 aliphatic rings. The van der Waals surface area contributed by atoms with E-state index < -0.39 is 0 Å². The zero-order chi connectivity index (χ0) is 10.4. The maximum absolute atomic E-state index is 8.54. The van der Waals surface area contributed by atoms with Gasteiger partial charge >= 0.3 is 0 Å². The third-order valence-corrected chi connectivity index (χ3v) is 2.86. The Labute approximate surface area is 94.1 Å². The number of thioether (sulfide) groups is 1. The topological polar surface area (TPSA) is 23.8 Å². The van der Waals surface area contributed by atoms with E-state index in [4.69, 9.17) is 17.5 Å². The van der Waals surface area contributed by atoms with Crippen molar-refractivity contribution in [3.63, 3.8) is 0 Å². The molecule has 0 N–H and O–H groups in total. The Morgan fingerprint density at radius 1 is 1.50 bits per heavy atom. The SMILES string of the molecule is CCCc1ccccc1C(=S)SC#N. The van der Waals surface area contributed by atoms with E-state index >= 15 is 0 Å². The summed E-state index contributed by atoms with van der Waals surface area (Å²) in [7, 11) is 0. The molecule has 0 aliphatic heterocycles. The Kier molecular flexibility index (Phi) is 4.64. The molecule has 1 aromatic rings. The van der Waals surface area contributed by atoms with Crippen molar-refractivity contribution in [1.82, 2.24) is 0 Å². The molecule has 0 aromatic heterocycles. The van der Waals surface area contributed by atoms with Crippen molar-refractivity contribution < 1.29 is 0 Å². The number of rotatable bonds is 3. The number of nitrogens with zero attached hydrogens (tertiary/aromatic N) is 1. The quantitative estimate of drug-likeness (QED) is 0.576. The molecule has 0 fully saturated rings. The van der Waals surface area contributed by atoms with Gasteiger partial charge in [-0.15, -0.1) is 0 Å². The summed E-state index contributed by atoms with van der Waals surface area (Å²) in [6.45, 7) is 2.14. The molecule has 0 radical (unpaired) electrons. The minimum Gasteiger partial charge on any atom is -0.185 e. The summed E-state index contributed by atoms with van der Waals surface area (Å²) in [5.41, 5.74) is 2.28. The highest BCUT2D eigenvalue weighted by Crippen LogP contribution is 2.18. The molecular weight excluding hydrogens is 210 g/mol. The highest BCUT2D eigenvalue weighted by molar-refractivity contribution is 8.26. The van der Waals surface area contributed by atoms with Gasteiger partial charge in [0.05, 0.1) is 4.20 Å². The second-order valence-corrected chi connectivity index (χ2v) is 4.35. The average molecular weight is 221 g/mol. The van der Waals surface area contributed by atoms with Gasteiger partial charge in [0.25, 0.3) is 0 Å². The minimum atomic E-state index is 0.677. The molecule has 0 atom stereocenters. The number of hydrogen-bond acceptors (Lipinski definition) is 3. The first-order valence-corrected chi connectivity index (χ1v) is 5.70. The van der Waals surface area contributed by atoms with Gasteiger partial charge in [-0.05, 0) is 12.0 Å². The van der Waals surface area contributed by atoms with E-state index in [2.05, 4.69) is 13.0 Å². The molecule has 0 saturated carbocycles. The highest BCUT2D eigenvalue weighted by Gasteiger charge is 2.06. The van der Waals surface area contributed by atoms with Gasteiger partial charge in [0.2, 0.25) is 0 Å². The molecule has 0 bridgehead atoms. The lowest BCUT2D eigenvalue weighted by atomic mass is 10.0. The summed E-state index contributed by atoms with van der Waals surface area (Å²) < 4.78 is 0.677. The molecule has 14 heavy (non-hydrogen) atoms. The van der Waals surface area contributed by atoms with E-state index in [9.17, 15) is 0 Å². The van der Waals surface area contributed by atoms with E-state index in [1.807, 2.05) is 23.6 Å². The fraction of sp³-hybridized carbons (Fsp3) is 0.273. The normalized spacial score (nSPS) is 9.43. The van der Waals surface area contributed by atoms with Crippen molar-refractivity contribution >= 4 is 28.2 Å². The summed E-state index contributed by atoms with van der Waals surface area (Å²) >= 11 is 6.22. The van der Waals surface area contributed by atoms with Gasteiger partial charge in [0, 0.05) is 17.3 Å². The molecule has 3 heteroatoms. The summed E-state index contributed by atoms with van der Waals surface area (Å²) in [6.07, 6.45) is 2.11. The summed E-state index contributed by atoms with van der Waals surface area (Å²) in [5.74, 6) is 0. The molecule has 1 nitrogen and oxygen atoms in total. The maximum atomic E-state index is 8.54. The Bertz CT molecular complexity index is 366. The van der Waals surface area contributed by atoms with Crippen molar-refractivity contribution in [1.29, 1.82) is 5.26 Å². The standard InChI is InChI=1S/C11H11NS2/c1-2-5-9-6-3-4-7-10(9)11(13)14-8-12/h3-4,6-7H,2,5H2,1H3. The fourth-order valence-corrected chi connectivity index (χ4v) is 2.01. The van der Waals surface area contributed by atoms with Crippen LogP contribution >= 0.6 is 24.0 Å². The second kappa shape index (κ2) is 5.79. The van der Waals surface area contributed by atoms with E-state index in [0.29, 0.717) is 4.20 Å². The molecule has 0 unspecified atom stereocenters. The number of aryl methyl sites for hydroxylation is 1. The van der Waals surface area contributed by atoms with Crippen LogP contribution in [0.4, 0.5) is 0 Å². The van der Waals surface area contributed by atoms with Gasteiger partial charge < -0.3 is 0 Å². The molecule has 0 saturated heterocycles. The van der Waals surface area contributed by atoms with Crippen LogP contribution in [-0.4, -0.2) is 4.20 Å². The van der Waals surface area contributed by atoms with Crippen LogP contribution in [0.25, 0.3) is 0 Å². The first kappa shape index (κ1) is 11.2. The van der Waals surface area contributed by atoms with Gasteiger partial charge in [-0.1, -0.05) is 49.8 Å². The zero-order valence-electron chi connectivity index (χ0n) is 7.99. The smallest absolute Gasteiger partial charge is 0.139 e. The minimum absolute atomic E-state index is 0.677. The summed E-state index contributed by atoms with van der Waals surface area (Å²) in [5, 5.41) is 10.6. The van der Waals surface area contributed by atoms with Gasteiger partial charge in [-0.25, -0.2) is 0 Å². The van der Waals surface area contributed by atoms with E-state index in [-0.39, 0.29) is 0 Å². The van der Waals surface area contributed by atoms with Gasteiger partial charge in [-0.3, -0.25) is 0 Å². The van der Waals surface area contributed by atoms with Crippen molar-refractivity contribution in [2.45, 2.75) is 19.8 Å². The van der Waals surface area contributed by atoms with Crippen molar-refractivity contribution in [2.75, 3.05) is 0 Å². The first-order valence-electron chi connectivity index (χ1n) is 4.47. The van der Waals surface area contributed by atoms with Crippen LogP contribution in [0.3, 0.4) is 0 Å². The van der Waals surface area contributed by atoms with E-state index in [1.165, 1.54) is 5.56 Å². The van der Waals surface area contributed by atoms with Gasteiger partial charge in [0.1, 0.15) is 5.40 Å². The fourth-order valence-electron chi connectivity index (χ4n) is 1.30. The Balaban J connectivity index is 2.95. The Hall–Kier alpha value is -0.850. The van der Waals surface area contributed by atoms with Crippen LogP contribution in [0.1, 0.15) is 24.5 Å². The monoisotopic (exact) mass is 221 g/mol. The van der Waals surface area contributed by atoms with Gasteiger partial charge in [-0.2, -0.15) is 5.26 Å². The third-order valence-electron chi connectivity index (χ3n) is 1.89. The number of hydrogen-bond donors (Lipinski definition) is 0. The largest absolute Gasteiger partial charge is 0.185 e. The molecular formula is C11H11NS2. The second-order valence-electron chi connectivity index (χ2n) is 2.89. The van der Waals surface area contributed by atoms with Gasteiger partial charge in [0.15, 0.2) is 0 Å². The average Bonchev–Trinajstić information content (AvgIpc) is 2.19.